The Balaban J connectivity index is 2.18. The average Bonchev–Trinajstić information content (AvgIpc) is 2.81. The molecule has 2 rings (SSSR count). The van der Waals surface area contributed by atoms with Crippen LogP contribution in [-0.2, 0) is 6.54 Å². The first-order valence-electron chi connectivity index (χ1n) is 5.23. The van der Waals surface area contributed by atoms with Gasteiger partial charge in [0.15, 0.2) is 0 Å². The molecule has 0 radical (unpaired) electrons. The van der Waals surface area contributed by atoms with E-state index in [1.807, 2.05) is 20.0 Å². The molecule has 0 amide bonds. The molecule has 90 valence electrons. The van der Waals surface area contributed by atoms with E-state index < -0.39 is 0 Å². The Morgan fingerprint density at radius 3 is 2.94 bits per heavy atom. The van der Waals surface area contributed by atoms with E-state index in [4.69, 9.17) is 5.84 Å². The molecule has 5 nitrogen and oxygen atoms in total. The van der Waals surface area contributed by atoms with E-state index in [1.165, 1.54) is 5.56 Å². The number of hydrazine groups is 1. The molecule has 0 unspecified atom stereocenters. The Labute approximate surface area is 104 Å². The van der Waals surface area contributed by atoms with Crippen LogP contribution in [0.3, 0.4) is 0 Å². The van der Waals surface area contributed by atoms with Crippen molar-refractivity contribution in [3.63, 3.8) is 0 Å². The molecule has 0 spiro atoms. The summed E-state index contributed by atoms with van der Waals surface area (Å²) >= 11 is 1.70. The number of hydrogen-bond acceptors (Lipinski definition) is 6. The number of nitrogens with two attached hydrogens (primary N) is 1. The number of rotatable bonds is 4. The van der Waals surface area contributed by atoms with E-state index in [1.54, 1.807) is 11.3 Å². The molecule has 0 aromatic carbocycles. The van der Waals surface area contributed by atoms with Gasteiger partial charge >= 0.3 is 0 Å². The maximum Gasteiger partial charge on any atom is 0.239 e. The maximum atomic E-state index is 5.33. The third-order valence-corrected chi connectivity index (χ3v) is 3.09. The molecule has 2 aromatic rings. The first kappa shape index (κ1) is 11.8. The smallest absolute Gasteiger partial charge is 0.239 e. The summed E-state index contributed by atoms with van der Waals surface area (Å²) in [4.78, 5) is 10.5. The lowest BCUT2D eigenvalue weighted by atomic mass is 10.3. The van der Waals surface area contributed by atoms with Crippen LogP contribution in [0.4, 0.5) is 11.8 Å². The van der Waals surface area contributed by atoms with Crippen molar-refractivity contribution in [3.05, 3.63) is 34.2 Å². The molecule has 0 aliphatic heterocycles. The fourth-order valence-electron chi connectivity index (χ4n) is 1.55. The predicted molar refractivity (Wildman–Crippen MR) is 71.0 cm³/mol. The normalized spacial score (nSPS) is 10.3. The molecule has 3 N–H and O–H groups in total. The zero-order chi connectivity index (χ0) is 12.3. The van der Waals surface area contributed by atoms with Gasteiger partial charge in [0.1, 0.15) is 5.82 Å². The molecule has 0 saturated heterocycles. The van der Waals surface area contributed by atoms with Gasteiger partial charge < -0.3 is 4.90 Å². The maximum absolute atomic E-state index is 5.33. The molecular formula is C11H15N5S. The van der Waals surface area contributed by atoms with Gasteiger partial charge in [-0.15, -0.1) is 0 Å². The standard InChI is InChI=1S/C11H15N5S/c1-8-5-10(14-11(13-8)15-12)16(2)6-9-3-4-17-7-9/h3-5,7H,6,12H2,1-2H3,(H,13,14,15). The number of aromatic nitrogens is 2. The number of anilines is 2. The highest BCUT2D eigenvalue weighted by molar-refractivity contribution is 7.07. The zero-order valence-electron chi connectivity index (χ0n) is 9.84. The topological polar surface area (TPSA) is 67.1 Å². The van der Waals surface area contributed by atoms with Crippen molar-refractivity contribution < 1.29 is 0 Å². The highest BCUT2D eigenvalue weighted by atomic mass is 32.1. The quantitative estimate of drug-likeness (QED) is 0.638. The van der Waals surface area contributed by atoms with Crippen LogP contribution in [0.1, 0.15) is 11.3 Å². The van der Waals surface area contributed by atoms with E-state index in [2.05, 4.69) is 37.1 Å². The molecule has 0 saturated carbocycles. The molecule has 0 aliphatic rings. The van der Waals surface area contributed by atoms with Gasteiger partial charge in [-0.3, -0.25) is 5.43 Å². The Kier molecular flexibility index (Phi) is 3.55. The summed E-state index contributed by atoms with van der Waals surface area (Å²) in [6.45, 7) is 2.74. The van der Waals surface area contributed by atoms with Crippen molar-refractivity contribution in [2.45, 2.75) is 13.5 Å². The van der Waals surface area contributed by atoms with Crippen LogP contribution >= 0.6 is 11.3 Å². The number of aryl methyl sites for hydroxylation is 1. The number of nitrogens with zero attached hydrogens (tertiary/aromatic N) is 3. The molecule has 0 aliphatic carbocycles. The molecule has 17 heavy (non-hydrogen) atoms. The van der Waals surface area contributed by atoms with Gasteiger partial charge in [0.25, 0.3) is 0 Å². The number of nitrogen functional groups attached to an aromatic ring is 1. The van der Waals surface area contributed by atoms with Crippen LogP contribution in [0.15, 0.2) is 22.9 Å². The van der Waals surface area contributed by atoms with Crippen LogP contribution in [0.5, 0.6) is 0 Å². The molecular weight excluding hydrogens is 234 g/mol. The summed E-state index contributed by atoms with van der Waals surface area (Å²) in [7, 11) is 2.00. The Morgan fingerprint density at radius 2 is 2.29 bits per heavy atom. The van der Waals surface area contributed by atoms with Gasteiger partial charge in [0.2, 0.25) is 5.95 Å². The van der Waals surface area contributed by atoms with Crippen molar-refractivity contribution in [1.82, 2.24) is 9.97 Å². The second-order valence-electron chi connectivity index (χ2n) is 3.82. The van der Waals surface area contributed by atoms with E-state index >= 15 is 0 Å². The summed E-state index contributed by atoms with van der Waals surface area (Å²) in [6.07, 6.45) is 0. The van der Waals surface area contributed by atoms with E-state index in [0.717, 1.165) is 18.1 Å². The number of hydrogen-bond donors (Lipinski definition) is 2. The zero-order valence-corrected chi connectivity index (χ0v) is 10.7. The van der Waals surface area contributed by atoms with Crippen molar-refractivity contribution in [2.75, 3.05) is 17.4 Å². The lowest BCUT2D eigenvalue weighted by Gasteiger charge is -2.18. The van der Waals surface area contributed by atoms with E-state index in [-0.39, 0.29) is 0 Å². The minimum Gasteiger partial charge on any atom is -0.355 e. The van der Waals surface area contributed by atoms with E-state index in [0.29, 0.717) is 5.95 Å². The Morgan fingerprint density at radius 1 is 1.47 bits per heavy atom. The first-order valence-corrected chi connectivity index (χ1v) is 6.18. The number of thiophene rings is 1. The van der Waals surface area contributed by atoms with Gasteiger partial charge in [-0.1, -0.05) is 0 Å². The lowest BCUT2D eigenvalue weighted by Crippen LogP contribution is -2.19. The van der Waals surface area contributed by atoms with Gasteiger partial charge in [-0.05, 0) is 29.3 Å². The first-order chi connectivity index (χ1) is 8.19. The summed E-state index contributed by atoms with van der Waals surface area (Å²) < 4.78 is 0. The summed E-state index contributed by atoms with van der Waals surface area (Å²) in [5.41, 5.74) is 4.64. The van der Waals surface area contributed by atoms with Crippen LogP contribution < -0.4 is 16.2 Å². The van der Waals surface area contributed by atoms with Crippen molar-refractivity contribution in [2.24, 2.45) is 5.84 Å². The fraction of sp³-hybridized carbons (Fsp3) is 0.273. The molecule has 0 bridgehead atoms. The lowest BCUT2D eigenvalue weighted by molar-refractivity contribution is 0.889. The SMILES string of the molecule is Cc1cc(N(C)Cc2ccsc2)nc(NN)n1. The van der Waals surface area contributed by atoms with Crippen molar-refractivity contribution in [3.8, 4) is 0 Å². The predicted octanol–water partition coefficient (Wildman–Crippen LogP) is 1.77. The third-order valence-electron chi connectivity index (χ3n) is 2.36. The third kappa shape index (κ3) is 2.92. The summed E-state index contributed by atoms with van der Waals surface area (Å²) in [5.74, 6) is 6.63. The number of nitrogens with one attached hydrogen (secondary N) is 1. The minimum absolute atomic E-state index is 0.442. The Bertz CT molecular complexity index is 483. The monoisotopic (exact) mass is 249 g/mol. The minimum atomic E-state index is 0.442. The van der Waals surface area contributed by atoms with Crippen molar-refractivity contribution in [1.29, 1.82) is 0 Å². The summed E-state index contributed by atoms with van der Waals surface area (Å²) in [6, 6.07) is 4.05. The van der Waals surface area contributed by atoms with E-state index in [9.17, 15) is 0 Å². The van der Waals surface area contributed by atoms with Crippen LogP contribution in [0, 0.1) is 6.92 Å². The average molecular weight is 249 g/mol. The highest BCUT2D eigenvalue weighted by Crippen LogP contribution is 2.16. The second kappa shape index (κ2) is 5.11. The molecule has 2 aromatic heterocycles. The van der Waals surface area contributed by atoms with Gasteiger partial charge in [0, 0.05) is 25.4 Å². The highest BCUT2D eigenvalue weighted by Gasteiger charge is 2.07. The second-order valence-corrected chi connectivity index (χ2v) is 4.60. The van der Waals surface area contributed by atoms with Crippen molar-refractivity contribution >= 4 is 23.1 Å². The molecule has 2 heterocycles. The van der Waals surface area contributed by atoms with Gasteiger partial charge in [-0.25, -0.2) is 10.8 Å². The molecule has 6 heteroatoms. The van der Waals surface area contributed by atoms with Crippen LogP contribution in [0.25, 0.3) is 0 Å². The van der Waals surface area contributed by atoms with Crippen LogP contribution in [0.2, 0.25) is 0 Å². The van der Waals surface area contributed by atoms with Gasteiger partial charge in [-0.2, -0.15) is 16.3 Å². The Hall–Kier alpha value is -1.66. The fourth-order valence-corrected chi connectivity index (χ4v) is 2.21. The largest absolute Gasteiger partial charge is 0.355 e. The molecule has 0 fully saturated rings. The molecule has 0 atom stereocenters. The summed E-state index contributed by atoms with van der Waals surface area (Å²) in [5, 5.41) is 4.20. The van der Waals surface area contributed by atoms with Crippen LogP contribution in [-0.4, -0.2) is 17.0 Å². The van der Waals surface area contributed by atoms with Gasteiger partial charge in [0.05, 0.1) is 0 Å².